The third kappa shape index (κ3) is 3.45. The van der Waals surface area contributed by atoms with Gasteiger partial charge in [0.1, 0.15) is 16.9 Å². The van der Waals surface area contributed by atoms with Gasteiger partial charge in [0.05, 0.1) is 16.6 Å². The van der Waals surface area contributed by atoms with E-state index < -0.39 is 11.4 Å². The van der Waals surface area contributed by atoms with E-state index in [0.29, 0.717) is 24.1 Å². The molecule has 6 nitrogen and oxygen atoms in total. The molecule has 1 atom stereocenters. The van der Waals surface area contributed by atoms with Crippen LogP contribution < -0.4 is 0 Å². The molecular formula is C16H20ClFN4O2. The molecule has 0 N–H and O–H groups in total. The largest absolute Gasteiger partial charge is 0.444 e. The average Bonchev–Trinajstić information content (AvgIpc) is 2.89. The fraction of sp³-hybridized carbons (Fsp3) is 0.562. The molecule has 1 aliphatic rings. The Labute approximate surface area is 144 Å². The molecule has 1 amide bonds. The Morgan fingerprint density at radius 3 is 2.88 bits per heavy atom. The highest BCUT2D eigenvalue weighted by molar-refractivity contribution is 6.31. The van der Waals surface area contributed by atoms with Gasteiger partial charge in [-0.15, -0.1) is 5.10 Å². The lowest BCUT2D eigenvalue weighted by Gasteiger charge is -2.34. The van der Waals surface area contributed by atoms with E-state index in [1.165, 1.54) is 12.1 Å². The molecule has 1 aromatic carbocycles. The Bertz CT molecular complexity index is 771. The number of hydrogen-bond acceptors (Lipinski definition) is 4. The van der Waals surface area contributed by atoms with Gasteiger partial charge in [-0.05, 0) is 39.7 Å². The van der Waals surface area contributed by atoms with Crippen LogP contribution in [0.5, 0.6) is 0 Å². The van der Waals surface area contributed by atoms with E-state index in [0.717, 1.165) is 12.8 Å². The van der Waals surface area contributed by atoms with Crippen molar-refractivity contribution in [1.82, 2.24) is 19.9 Å². The highest BCUT2D eigenvalue weighted by atomic mass is 35.5. The molecule has 24 heavy (non-hydrogen) atoms. The molecule has 0 radical (unpaired) electrons. The summed E-state index contributed by atoms with van der Waals surface area (Å²) < 4.78 is 20.9. The summed E-state index contributed by atoms with van der Waals surface area (Å²) in [5.41, 5.74) is 0.577. The van der Waals surface area contributed by atoms with Gasteiger partial charge >= 0.3 is 6.09 Å². The molecule has 3 rings (SSSR count). The maximum atomic E-state index is 13.8. The summed E-state index contributed by atoms with van der Waals surface area (Å²) in [4.78, 5) is 13.9. The first-order chi connectivity index (χ1) is 11.2. The fourth-order valence-electron chi connectivity index (χ4n) is 2.85. The summed E-state index contributed by atoms with van der Waals surface area (Å²) in [6, 6.07) is 2.73. The number of rotatable bonds is 1. The molecular weight excluding hydrogens is 335 g/mol. The third-order valence-corrected chi connectivity index (χ3v) is 4.20. The van der Waals surface area contributed by atoms with Crippen LogP contribution in [0.15, 0.2) is 12.1 Å². The number of nitrogens with zero attached hydrogens (tertiary/aromatic N) is 4. The van der Waals surface area contributed by atoms with Gasteiger partial charge in [0.15, 0.2) is 0 Å². The normalized spacial score (nSPS) is 18.9. The highest BCUT2D eigenvalue weighted by Crippen LogP contribution is 2.28. The lowest BCUT2D eigenvalue weighted by Crippen LogP contribution is -2.43. The lowest BCUT2D eigenvalue weighted by molar-refractivity contribution is 0.0168. The Balaban J connectivity index is 1.82. The highest BCUT2D eigenvalue weighted by Gasteiger charge is 2.29. The topological polar surface area (TPSA) is 60.2 Å². The van der Waals surface area contributed by atoms with Crippen molar-refractivity contribution in [2.75, 3.05) is 13.1 Å². The minimum Gasteiger partial charge on any atom is -0.444 e. The van der Waals surface area contributed by atoms with Crippen molar-refractivity contribution < 1.29 is 13.9 Å². The second-order valence-corrected chi connectivity index (χ2v) is 7.42. The third-order valence-electron chi connectivity index (χ3n) is 3.91. The minimum absolute atomic E-state index is 0.0218. The van der Waals surface area contributed by atoms with Crippen LogP contribution in [0, 0.1) is 5.82 Å². The van der Waals surface area contributed by atoms with E-state index in [4.69, 9.17) is 16.3 Å². The predicted octanol–water partition coefficient (Wildman–Crippen LogP) is 3.80. The van der Waals surface area contributed by atoms with Gasteiger partial charge in [-0.1, -0.05) is 16.8 Å². The van der Waals surface area contributed by atoms with Crippen molar-refractivity contribution >= 4 is 28.7 Å². The monoisotopic (exact) mass is 354 g/mol. The van der Waals surface area contributed by atoms with Crippen LogP contribution in [0.2, 0.25) is 5.02 Å². The van der Waals surface area contributed by atoms with Gasteiger partial charge in [-0.25, -0.2) is 13.9 Å². The summed E-state index contributed by atoms with van der Waals surface area (Å²) in [5.74, 6) is -0.507. The number of hydrogen-bond donors (Lipinski definition) is 0. The molecule has 1 saturated heterocycles. The number of likely N-dealkylation sites (tertiary alicyclic amines) is 1. The van der Waals surface area contributed by atoms with Gasteiger partial charge in [0.2, 0.25) is 0 Å². The molecule has 2 heterocycles. The molecule has 0 bridgehead atoms. The van der Waals surface area contributed by atoms with E-state index in [2.05, 4.69) is 10.3 Å². The predicted molar refractivity (Wildman–Crippen MR) is 88.6 cm³/mol. The van der Waals surface area contributed by atoms with Gasteiger partial charge in [0.25, 0.3) is 0 Å². The Morgan fingerprint density at radius 1 is 1.42 bits per heavy atom. The second kappa shape index (κ2) is 6.20. The van der Waals surface area contributed by atoms with E-state index in [-0.39, 0.29) is 17.2 Å². The second-order valence-electron chi connectivity index (χ2n) is 7.01. The van der Waals surface area contributed by atoms with Crippen molar-refractivity contribution in [2.24, 2.45) is 0 Å². The number of amides is 1. The van der Waals surface area contributed by atoms with Crippen LogP contribution in [-0.4, -0.2) is 44.7 Å². The van der Waals surface area contributed by atoms with Crippen LogP contribution in [0.3, 0.4) is 0 Å². The van der Waals surface area contributed by atoms with Crippen molar-refractivity contribution in [3.05, 3.63) is 23.0 Å². The molecule has 0 spiro atoms. The van der Waals surface area contributed by atoms with Crippen LogP contribution in [0.4, 0.5) is 9.18 Å². The van der Waals surface area contributed by atoms with Crippen molar-refractivity contribution in [3.63, 3.8) is 0 Å². The molecule has 1 aromatic heterocycles. The number of fused-ring (bicyclic) bond motifs is 1. The Hall–Kier alpha value is -1.89. The molecule has 2 aromatic rings. The van der Waals surface area contributed by atoms with E-state index in [9.17, 15) is 9.18 Å². The summed E-state index contributed by atoms with van der Waals surface area (Å²) in [7, 11) is 0. The minimum atomic E-state index is -0.538. The fourth-order valence-corrected chi connectivity index (χ4v) is 3.01. The number of ether oxygens (including phenoxy) is 1. The lowest BCUT2D eigenvalue weighted by atomic mass is 10.1. The molecule has 1 unspecified atom stereocenters. The van der Waals surface area contributed by atoms with E-state index in [1.807, 2.05) is 20.8 Å². The van der Waals surface area contributed by atoms with Gasteiger partial charge < -0.3 is 9.64 Å². The van der Waals surface area contributed by atoms with Crippen LogP contribution in [-0.2, 0) is 4.74 Å². The van der Waals surface area contributed by atoms with Crippen LogP contribution >= 0.6 is 11.6 Å². The van der Waals surface area contributed by atoms with Crippen LogP contribution in [0.25, 0.3) is 11.0 Å². The number of carbonyl (C=O) groups is 1. The van der Waals surface area contributed by atoms with Crippen molar-refractivity contribution in [2.45, 2.75) is 45.3 Å². The molecule has 130 valence electrons. The van der Waals surface area contributed by atoms with E-state index >= 15 is 0 Å². The van der Waals surface area contributed by atoms with Gasteiger partial charge in [0, 0.05) is 19.2 Å². The zero-order valence-electron chi connectivity index (χ0n) is 13.9. The maximum absolute atomic E-state index is 13.8. The van der Waals surface area contributed by atoms with Crippen molar-refractivity contribution in [1.29, 1.82) is 0 Å². The number of halogens is 2. The first-order valence-corrected chi connectivity index (χ1v) is 8.30. The molecule has 0 saturated carbocycles. The first-order valence-electron chi connectivity index (χ1n) is 7.92. The maximum Gasteiger partial charge on any atom is 0.410 e. The summed E-state index contributed by atoms with van der Waals surface area (Å²) in [6.07, 6.45) is 1.31. The van der Waals surface area contributed by atoms with Crippen molar-refractivity contribution in [3.8, 4) is 0 Å². The Morgan fingerprint density at radius 2 is 2.17 bits per heavy atom. The first kappa shape index (κ1) is 17.0. The van der Waals surface area contributed by atoms with Gasteiger partial charge in [-0.2, -0.15) is 0 Å². The summed E-state index contributed by atoms with van der Waals surface area (Å²) in [6.45, 7) is 6.60. The number of benzene rings is 1. The molecule has 8 heteroatoms. The molecule has 0 aliphatic carbocycles. The average molecular weight is 355 g/mol. The SMILES string of the molecule is CC(C)(C)OC(=O)N1CCCC(n2nnc3cc(Cl)c(F)cc32)C1. The zero-order valence-corrected chi connectivity index (χ0v) is 14.7. The summed E-state index contributed by atoms with van der Waals surface area (Å²) in [5, 5.41) is 8.21. The molecule has 1 fully saturated rings. The van der Waals surface area contributed by atoms with Crippen LogP contribution in [0.1, 0.15) is 39.7 Å². The number of aromatic nitrogens is 3. The zero-order chi connectivity index (χ0) is 17.5. The van der Waals surface area contributed by atoms with Gasteiger partial charge in [-0.3, -0.25) is 0 Å². The Kier molecular flexibility index (Phi) is 4.38. The smallest absolute Gasteiger partial charge is 0.410 e. The quantitative estimate of drug-likeness (QED) is 0.781. The molecule has 1 aliphatic heterocycles. The van der Waals surface area contributed by atoms with E-state index in [1.54, 1.807) is 9.58 Å². The standard InChI is InChI=1S/C16H20ClFN4O2/c1-16(2,3)24-15(23)21-6-4-5-10(9-21)22-14-8-12(18)11(17)7-13(14)19-20-22/h7-8,10H,4-6,9H2,1-3H3. The summed E-state index contributed by atoms with van der Waals surface area (Å²) >= 11 is 5.79. The number of piperidine rings is 1. The number of carbonyl (C=O) groups excluding carboxylic acids is 1.